The van der Waals surface area contributed by atoms with Crippen LogP contribution >= 0.6 is 12.2 Å². The van der Waals surface area contributed by atoms with E-state index in [0.29, 0.717) is 12.1 Å². The average Bonchev–Trinajstić information content (AvgIpc) is 2.66. The predicted molar refractivity (Wildman–Crippen MR) is 99.6 cm³/mol. The number of hydrogen-bond acceptors (Lipinski definition) is 5. The molecule has 134 valence electrons. The van der Waals surface area contributed by atoms with Crippen molar-refractivity contribution in [2.45, 2.75) is 6.61 Å². The Bertz CT molecular complexity index is 863. The van der Waals surface area contributed by atoms with Gasteiger partial charge in [0.2, 0.25) is 5.70 Å². The Morgan fingerprint density at radius 2 is 2.04 bits per heavy atom. The molecular weight excluding hydrogens is 354 g/mol. The Kier molecular flexibility index (Phi) is 6.54. The van der Waals surface area contributed by atoms with Gasteiger partial charge in [0.05, 0.1) is 11.5 Å². The zero-order valence-electron chi connectivity index (χ0n) is 13.8. The molecule has 1 aromatic heterocycles. The molecule has 0 spiro atoms. The molecule has 2 rings (SSSR count). The van der Waals surface area contributed by atoms with E-state index < -0.39 is 10.7 Å². The number of nitro groups is 1. The molecule has 2 N–H and O–H groups in total. The molecule has 7 nitrogen and oxygen atoms in total. The van der Waals surface area contributed by atoms with E-state index in [-0.39, 0.29) is 28.5 Å². The first-order valence-corrected chi connectivity index (χ1v) is 8.05. The molecular formula is C18H17N3O4S. The molecule has 0 bridgehead atoms. The molecule has 8 heteroatoms. The highest BCUT2D eigenvalue weighted by atomic mass is 32.1. The molecule has 1 aromatic carbocycles. The Morgan fingerprint density at radius 3 is 2.62 bits per heavy atom. The van der Waals surface area contributed by atoms with Crippen LogP contribution in [0.1, 0.15) is 11.1 Å². The molecule has 0 amide bonds. The predicted octanol–water partition coefficient (Wildman–Crippen LogP) is 1.16. The van der Waals surface area contributed by atoms with Gasteiger partial charge >= 0.3 is 0 Å². The summed E-state index contributed by atoms with van der Waals surface area (Å²) in [5.41, 5.74) is 0.930. The van der Waals surface area contributed by atoms with E-state index in [9.17, 15) is 20.3 Å². The number of nitrogens with one attached hydrogen (secondary N) is 1. The van der Waals surface area contributed by atoms with Crippen LogP contribution in [0.25, 0.3) is 11.5 Å². The van der Waals surface area contributed by atoms with Crippen molar-refractivity contribution in [1.29, 1.82) is 0 Å². The van der Waals surface area contributed by atoms with Gasteiger partial charge in [-0.15, -0.1) is 6.58 Å². The standard InChI is InChI=1S/C18H17N3O4S/c1-2-9-19-18(26)16(20-10-3-4-13(11-20)12-22)17(23)14-5-7-15(8-6-14)21(24)25/h2-8,10-11,22H,1,9,12H2,(H-,19,23,26). The summed E-state index contributed by atoms with van der Waals surface area (Å²) in [5, 5.41) is 36.0. The van der Waals surface area contributed by atoms with Crippen molar-refractivity contribution in [3.8, 4) is 0 Å². The fraction of sp³-hybridized carbons (Fsp3) is 0.111. The van der Waals surface area contributed by atoms with Crippen molar-refractivity contribution in [3.63, 3.8) is 0 Å². The summed E-state index contributed by atoms with van der Waals surface area (Å²) in [6.07, 6.45) is 4.84. The zero-order chi connectivity index (χ0) is 19.1. The third-order valence-corrected chi connectivity index (χ3v) is 3.82. The van der Waals surface area contributed by atoms with E-state index in [1.165, 1.54) is 28.8 Å². The highest BCUT2D eigenvalue weighted by Crippen LogP contribution is 2.18. The largest absolute Gasteiger partial charge is 0.867 e. The Labute approximate surface area is 155 Å². The number of aliphatic hydroxyl groups is 1. The van der Waals surface area contributed by atoms with Gasteiger partial charge in [0.25, 0.3) is 5.69 Å². The van der Waals surface area contributed by atoms with Crippen LogP contribution in [0.4, 0.5) is 5.69 Å². The van der Waals surface area contributed by atoms with E-state index >= 15 is 0 Å². The molecule has 0 aliphatic carbocycles. The second-order valence-electron chi connectivity index (χ2n) is 5.26. The lowest BCUT2D eigenvalue weighted by Gasteiger charge is -2.16. The summed E-state index contributed by atoms with van der Waals surface area (Å²) >= 11 is 5.34. The van der Waals surface area contributed by atoms with Crippen molar-refractivity contribution < 1.29 is 19.7 Å². The topological polar surface area (TPSA) is 102 Å². The van der Waals surface area contributed by atoms with Gasteiger partial charge in [0, 0.05) is 30.3 Å². The van der Waals surface area contributed by atoms with E-state index in [1.807, 2.05) is 0 Å². The summed E-state index contributed by atoms with van der Waals surface area (Å²) in [4.78, 5) is 10.5. The molecule has 0 radical (unpaired) electrons. The van der Waals surface area contributed by atoms with Gasteiger partial charge in [-0.3, -0.25) is 10.1 Å². The molecule has 0 unspecified atom stereocenters. The normalized spacial score (nSPS) is 11.4. The van der Waals surface area contributed by atoms with E-state index in [2.05, 4.69) is 11.9 Å². The van der Waals surface area contributed by atoms with Gasteiger partial charge in [-0.05, 0) is 29.5 Å². The molecule has 26 heavy (non-hydrogen) atoms. The summed E-state index contributed by atoms with van der Waals surface area (Å²) in [5.74, 6) is -0.401. The minimum Gasteiger partial charge on any atom is -0.867 e. The number of aliphatic hydroxyl groups excluding tert-OH is 1. The molecule has 0 saturated carbocycles. The lowest BCUT2D eigenvalue weighted by atomic mass is 10.1. The van der Waals surface area contributed by atoms with Crippen molar-refractivity contribution in [3.05, 3.63) is 82.7 Å². The van der Waals surface area contributed by atoms with Crippen LogP contribution in [-0.2, 0) is 6.61 Å². The van der Waals surface area contributed by atoms with E-state index in [4.69, 9.17) is 12.2 Å². The Morgan fingerprint density at radius 1 is 1.35 bits per heavy atom. The number of nitro benzene ring substituents is 1. The molecule has 0 aliphatic rings. The SMILES string of the molecule is C=CCNC(=S)/C(=C(\[O-])c1ccc([N+](=O)[O-])cc1)[n+]1cccc(CO)c1. The summed E-state index contributed by atoms with van der Waals surface area (Å²) in [6.45, 7) is 3.78. The number of non-ortho nitro benzene ring substituents is 1. The number of aromatic nitrogens is 1. The van der Waals surface area contributed by atoms with Gasteiger partial charge in [0.15, 0.2) is 17.4 Å². The molecule has 1 heterocycles. The second kappa shape index (κ2) is 8.84. The molecule has 0 fully saturated rings. The second-order valence-corrected chi connectivity index (χ2v) is 5.67. The van der Waals surface area contributed by atoms with E-state index in [0.717, 1.165) is 0 Å². The first kappa shape index (κ1) is 19.2. The van der Waals surface area contributed by atoms with Crippen molar-refractivity contribution in [2.24, 2.45) is 0 Å². The van der Waals surface area contributed by atoms with Gasteiger partial charge in [-0.2, -0.15) is 4.57 Å². The third-order valence-electron chi connectivity index (χ3n) is 3.48. The lowest BCUT2D eigenvalue weighted by Crippen LogP contribution is -2.42. The van der Waals surface area contributed by atoms with Crippen LogP contribution in [0.3, 0.4) is 0 Å². The highest BCUT2D eigenvalue weighted by molar-refractivity contribution is 7.81. The van der Waals surface area contributed by atoms with Gasteiger partial charge in [-0.1, -0.05) is 18.3 Å². The fourth-order valence-electron chi connectivity index (χ4n) is 2.21. The lowest BCUT2D eigenvalue weighted by molar-refractivity contribution is -0.578. The smallest absolute Gasteiger partial charge is 0.269 e. The number of nitrogens with zero attached hydrogens (tertiary/aromatic N) is 2. The maximum absolute atomic E-state index is 13.0. The summed E-state index contributed by atoms with van der Waals surface area (Å²) in [7, 11) is 0. The van der Waals surface area contributed by atoms with Crippen LogP contribution in [-0.4, -0.2) is 21.6 Å². The molecule has 0 saturated heterocycles. The van der Waals surface area contributed by atoms with Crippen LogP contribution in [0.5, 0.6) is 0 Å². The van der Waals surface area contributed by atoms with Crippen molar-refractivity contribution >= 4 is 34.3 Å². The quantitative estimate of drug-likeness (QED) is 0.144. The van der Waals surface area contributed by atoms with Gasteiger partial charge in [-0.25, -0.2) is 0 Å². The molecule has 0 atom stereocenters. The van der Waals surface area contributed by atoms with Crippen molar-refractivity contribution in [2.75, 3.05) is 6.54 Å². The number of thiocarbonyl (C=S) groups is 1. The van der Waals surface area contributed by atoms with Crippen LogP contribution in [0.2, 0.25) is 0 Å². The Hall–Kier alpha value is -3.10. The average molecular weight is 371 g/mol. The Balaban J connectivity index is 2.56. The maximum atomic E-state index is 13.0. The first-order valence-electron chi connectivity index (χ1n) is 7.64. The fourth-order valence-corrected chi connectivity index (χ4v) is 2.50. The van der Waals surface area contributed by atoms with Crippen molar-refractivity contribution in [1.82, 2.24) is 5.32 Å². The number of rotatable bonds is 7. The van der Waals surface area contributed by atoms with Crippen LogP contribution in [0.15, 0.2) is 61.4 Å². The summed E-state index contributed by atoms with van der Waals surface area (Å²) < 4.78 is 1.52. The van der Waals surface area contributed by atoms with Crippen LogP contribution < -0.4 is 15.0 Å². The monoisotopic (exact) mass is 371 g/mol. The minimum absolute atomic E-state index is 0.106. The maximum Gasteiger partial charge on any atom is 0.269 e. The summed E-state index contributed by atoms with van der Waals surface area (Å²) in [6, 6.07) is 8.69. The zero-order valence-corrected chi connectivity index (χ0v) is 14.6. The minimum atomic E-state index is -0.533. The third kappa shape index (κ3) is 4.50. The van der Waals surface area contributed by atoms with Gasteiger partial charge in [0.1, 0.15) is 0 Å². The number of benzene rings is 1. The van der Waals surface area contributed by atoms with E-state index in [1.54, 1.807) is 30.6 Å². The van der Waals surface area contributed by atoms with Crippen LogP contribution in [0, 0.1) is 10.1 Å². The van der Waals surface area contributed by atoms with Gasteiger partial charge < -0.3 is 15.5 Å². The molecule has 2 aromatic rings. The number of pyridine rings is 1. The molecule has 0 aliphatic heterocycles. The highest BCUT2D eigenvalue weighted by Gasteiger charge is 2.19. The number of hydrogen-bond donors (Lipinski definition) is 2. The first-order chi connectivity index (χ1) is 12.5.